The maximum absolute atomic E-state index is 13.6. The Morgan fingerprint density at radius 1 is 0.863 bits per heavy atom. The molecular formula is C45H76O4Si2. The molecule has 4 nitrogen and oxygen atoms in total. The van der Waals surface area contributed by atoms with E-state index in [0.29, 0.717) is 23.7 Å². The fourth-order valence-corrected chi connectivity index (χ4v) is 11.3. The van der Waals surface area contributed by atoms with Gasteiger partial charge in [-0.15, -0.1) is 0 Å². The van der Waals surface area contributed by atoms with Crippen LogP contribution in [-0.4, -0.2) is 40.9 Å². The second-order valence-electron chi connectivity index (χ2n) is 20.1. The first-order valence-electron chi connectivity index (χ1n) is 20.7. The first-order chi connectivity index (χ1) is 23.7. The highest BCUT2D eigenvalue weighted by Crippen LogP contribution is 2.53. The van der Waals surface area contributed by atoms with E-state index in [9.17, 15) is 4.79 Å². The van der Waals surface area contributed by atoms with Gasteiger partial charge in [0.2, 0.25) is 0 Å². The summed E-state index contributed by atoms with van der Waals surface area (Å²) in [7, 11) is -3.90. The highest BCUT2D eigenvalue weighted by Gasteiger charge is 2.50. The van der Waals surface area contributed by atoms with Crippen LogP contribution >= 0.6 is 0 Å². The van der Waals surface area contributed by atoms with Crippen LogP contribution in [-0.2, 0) is 23.8 Å². The second kappa shape index (κ2) is 16.9. The first kappa shape index (κ1) is 42.3. The van der Waals surface area contributed by atoms with Crippen LogP contribution in [0.15, 0.2) is 54.1 Å². The summed E-state index contributed by atoms with van der Waals surface area (Å²) in [5.74, 6) is 1.54. The number of esters is 1. The minimum atomic E-state index is -1.97. The molecular weight excluding hydrogens is 661 g/mol. The van der Waals surface area contributed by atoms with E-state index >= 15 is 0 Å². The molecule has 7 atom stereocenters. The molecule has 0 spiro atoms. The lowest BCUT2D eigenvalue weighted by Crippen LogP contribution is -2.45. The molecule has 3 aliphatic carbocycles. The number of hydrogen-bond acceptors (Lipinski definition) is 4. The number of rotatable bonds is 14. The lowest BCUT2D eigenvalue weighted by atomic mass is 9.66. The summed E-state index contributed by atoms with van der Waals surface area (Å²) in [6, 6.07) is 10.8. The van der Waals surface area contributed by atoms with Crippen molar-refractivity contribution >= 4 is 22.6 Å². The maximum atomic E-state index is 13.6. The van der Waals surface area contributed by atoms with Gasteiger partial charge in [-0.1, -0.05) is 136 Å². The molecule has 0 aliphatic heterocycles. The molecule has 1 aromatic rings. The normalized spacial score (nSPS) is 28.0. The fourth-order valence-electron chi connectivity index (χ4n) is 8.64. The molecule has 51 heavy (non-hydrogen) atoms. The van der Waals surface area contributed by atoms with Crippen molar-refractivity contribution in [2.45, 2.75) is 193 Å². The van der Waals surface area contributed by atoms with Gasteiger partial charge in [0.25, 0.3) is 0 Å². The summed E-state index contributed by atoms with van der Waals surface area (Å²) in [4.78, 5) is 13.6. The lowest BCUT2D eigenvalue weighted by molar-refractivity contribution is -0.149. The van der Waals surface area contributed by atoms with Crippen LogP contribution in [0.3, 0.4) is 0 Å². The molecule has 288 valence electrons. The van der Waals surface area contributed by atoms with E-state index in [2.05, 4.69) is 131 Å². The van der Waals surface area contributed by atoms with Gasteiger partial charge in [-0.25, -0.2) is 4.79 Å². The summed E-state index contributed by atoms with van der Waals surface area (Å²) >= 11 is 0. The third-order valence-electron chi connectivity index (χ3n) is 14.0. The van der Waals surface area contributed by atoms with Crippen LogP contribution in [0, 0.1) is 23.7 Å². The number of benzene rings is 1. The number of carbonyl (C=O) groups excluding carboxylic acids is 1. The molecule has 0 aromatic heterocycles. The Kier molecular flexibility index (Phi) is 14.0. The molecule has 0 N–H and O–H groups in total. The predicted molar refractivity (Wildman–Crippen MR) is 221 cm³/mol. The molecule has 6 heteroatoms. The van der Waals surface area contributed by atoms with Gasteiger partial charge in [0.1, 0.15) is 6.10 Å². The van der Waals surface area contributed by atoms with Gasteiger partial charge < -0.3 is 13.6 Å². The SMILES string of the molecule is CCCCC[C@@H](/C=C/C1[C@H]2C/C(=C\C(=O)O[C@H]3CCCC[C@@H]3C(C)(C)c3ccccc3)C[C@H]2C[C@H]1O[Si](C)(C)C(C)(C)C)O[Si](C)(C)C(C)(C)C. The number of fused-ring (bicyclic) bond motifs is 1. The summed E-state index contributed by atoms with van der Waals surface area (Å²) in [5.41, 5.74) is 2.55. The van der Waals surface area contributed by atoms with Crippen LogP contribution in [0.2, 0.25) is 36.3 Å². The van der Waals surface area contributed by atoms with Crippen molar-refractivity contribution in [1.82, 2.24) is 0 Å². The first-order valence-corrected chi connectivity index (χ1v) is 26.5. The van der Waals surface area contributed by atoms with Crippen LogP contribution in [0.4, 0.5) is 0 Å². The van der Waals surface area contributed by atoms with Crippen molar-refractivity contribution in [2.24, 2.45) is 23.7 Å². The van der Waals surface area contributed by atoms with Crippen molar-refractivity contribution < 1.29 is 18.4 Å². The Balaban J connectivity index is 1.54. The van der Waals surface area contributed by atoms with Crippen molar-refractivity contribution in [2.75, 3.05) is 0 Å². The van der Waals surface area contributed by atoms with Crippen molar-refractivity contribution in [1.29, 1.82) is 0 Å². The van der Waals surface area contributed by atoms with Gasteiger partial charge in [0.05, 0.1) is 12.2 Å². The van der Waals surface area contributed by atoms with Crippen LogP contribution < -0.4 is 0 Å². The largest absolute Gasteiger partial charge is 0.459 e. The summed E-state index contributed by atoms with van der Waals surface area (Å²) in [6.45, 7) is 30.6. The van der Waals surface area contributed by atoms with Crippen molar-refractivity contribution in [3.05, 3.63) is 59.7 Å². The third kappa shape index (κ3) is 10.6. The third-order valence-corrected chi connectivity index (χ3v) is 23.0. The van der Waals surface area contributed by atoms with E-state index in [0.717, 1.165) is 44.9 Å². The van der Waals surface area contributed by atoms with E-state index in [-0.39, 0.29) is 39.8 Å². The smallest absolute Gasteiger partial charge is 0.330 e. The van der Waals surface area contributed by atoms with Crippen molar-refractivity contribution in [3.63, 3.8) is 0 Å². The highest BCUT2D eigenvalue weighted by molar-refractivity contribution is 6.74. The molecule has 0 bridgehead atoms. The van der Waals surface area contributed by atoms with Gasteiger partial charge in [-0.05, 0) is 104 Å². The van der Waals surface area contributed by atoms with E-state index in [1.54, 1.807) is 0 Å². The monoisotopic (exact) mass is 737 g/mol. The number of carbonyl (C=O) groups is 1. The lowest BCUT2D eigenvalue weighted by Gasteiger charge is -2.42. The van der Waals surface area contributed by atoms with Crippen LogP contribution in [0.25, 0.3) is 0 Å². The van der Waals surface area contributed by atoms with Gasteiger partial charge in [-0.3, -0.25) is 0 Å². The number of allylic oxidation sites excluding steroid dienone is 1. The second-order valence-corrected chi connectivity index (χ2v) is 29.6. The van der Waals surface area contributed by atoms with Gasteiger partial charge in [-0.2, -0.15) is 0 Å². The number of ether oxygens (including phenoxy) is 1. The molecule has 0 amide bonds. The fraction of sp³-hybridized carbons (Fsp3) is 0.756. The molecule has 3 aliphatic rings. The number of hydrogen-bond donors (Lipinski definition) is 0. The zero-order valence-corrected chi connectivity index (χ0v) is 37.1. The molecule has 3 saturated carbocycles. The van der Waals surface area contributed by atoms with Gasteiger partial charge in [0.15, 0.2) is 16.6 Å². The quantitative estimate of drug-likeness (QED) is 0.0627. The Bertz CT molecular complexity index is 1330. The van der Waals surface area contributed by atoms with E-state index in [1.165, 1.54) is 36.8 Å². The predicted octanol–water partition coefficient (Wildman–Crippen LogP) is 13.0. The Hall–Kier alpha value is -1.48. The zero-order valence-electron chi connectivity index (χ0n) is 35.1. The molecule has 0 heterocycles. The van der Waals surface area contributed by atoms with Crippen molar-refractivity contribution in [3.8, 4) is 0 Å². The topological polar surface area (TPSA) is 44.8 Å². The van der Waals surface area contributed by atoms with Crippen LogP contribution in [0.5, 0.6) is 0 Å². The Labute approximate surface area is 316 Å². The average Bonchev–Trinajstić information content (AvgIpc) is 3.55. The minimum Gasteiger partial charge on any atom is -0.459 e. The zero-order chi connectivity index (χ0) is 37.8. The molecule has 4 rings (SSSR count). The molecule has 3 fully saturated rings. The molecule has 1 aromatic carbocycles. The Morgan fingerprint density at radius 2 is 1.51 bits per heavy atom. The summed E-state index contributed by atoms with van der Waals surface area (Å²) in [6.07, 6.45) is 19.3. The standard InChI is InChI=1S/C45H76O4Si2/c1-14-15-17-24-36(48-50(10,11)43(2,3)4)27-28-37-38-30-33(29-34(38)32-41(37)49-51(12,13)44(5,6)7)31-42(46)47-40-26-21-20-25-39(40)45(8,9)35-22-18-16-19-23-35/h16,18-19,22-23,27-28,31,34,36-41H,14-15,17,20-21,24-26,29-30,32H2,1-13H3/b28-27+,33-31-/t34-,36-,37?,38-,39-,40-,41+/m0/s1. The summed E-state index contributed by atoms with van der Waals surface area (Å²) < 4.78 is 20.7. The minimum absolute atomic E-state index is 0.0391. The van der Waals surface area contributed by atoms with Gasteiger partial charge >= 0.3 is 5.97 Å². The van der Waals surface area contributed by atoms with E-state index in [1.807, 2.05) is 6.08 Å². The van der Waals surface area contributed by atoms with E-state index in [4.69, 9.17) is 13.6 Å². The van der Waals surface area contributed by atoms with Gasteiger partial charge in [0, 0.05) is 17.9 Å². The molecule has 0 radical (unpaired) electrons. The summed E-state index contributed by atoms with van der Waals surface area (Å²) in [5, 5.41) is 0.332. The maximum Gasteiger partial charge on any atom is 0.330 e. The number of unbranched alkanes of at least 4 members (excludes halogenated alkanes) is 2. The Morgan fingerprint density at radius 3 is 2.14 bits per heavy atom. The molecule has 1 unspecified atom stereocenters. The van der Waals surface area contributed by atoms with E-state index < -0.39 is 16.6 Å². The average molecular weight is 737 g/mol. The molecule has 0 saturated heterocycles. The van der Waals surface area contributed by atoms with Crippen LogP contribution in [0.1, 0.15) is 139 Å². The highest BCUT2D eigenvalue weighted by atomic mass is 28.4.